The number of likely N-dealkylation sites (tertiary alicyclic amines) is 1. The molecule has 1 saturated heterocycles. The van der Waals surface area contributed by atoms with Gasteiger partial charge in [0.25, 0.3) is 5.91 Å². The van der Waals surface area contributed by atoms with Crippen molar-refractivity contribution in [3.63, 3.8) is 0 Å². The first kappa shape index (κ1) is 95.9. The number of fused-ring (bicyclic) bond motifs is 4. The molecule has 714 valence electrons. The first-order chi connectivity index (χ1) is 68.0. The van der Waals surface area contributed by atoms with Gasteiger partial charge in [-0.1, -0.05) is 6.07 Å². The molecule has 0 spiro atoms. The van der Waals surface area contributed by atoms with E-state index in [2.05, 4.69) is 92.9 Å². The van der Waals surface area contributed by atoms with Crippen molar-refractivity contribution < 1.29 is 52.3 Å². The Morgan fingerprint density at radius 3 is 1.15 bits per heavy atom. The highest BCUT2D eigenvalue weighted by Gasteiger charge is 2.25. The minimum absolute atomic E-state index is 0.00806. The van der Waals surface area contributed by atoms with Crippen molar-refractivity contribution in [2.24, 2.45) is 28.2 Å². The first-order valence-corrected chi connectivity index (χ1v) is 44.8. The van der Waals surface area contributed by atoms with Crippen molar-refractivity contribution >= 4 is 113 Å². The third kappa shape index (κ3) is 23.8. The Kier molecular flexibility index (Phi) is 30.4. The van der Waals surface area contributed by atoms with Gasteiger partial charge in [0.2, 0.25) is 5.91 Å². The zero-order valence-corrected chi connectivity index (χ0v) is 79.3. The number of hydrogen-bond acceptors (Lipinski definition) is 30. The van der Waals surface area contributed by atoms with Crippen molar-refractivity contribution in [1.29, 1.82) is 0 Å². The number of aliphatic hydroxyl groups is 1. The van der Waals surface area contributed by atoms with Crippen LogP contribution in [-0.2, 0) is 44.3 Å². The summed E-state index contributed by atoms with van der Waals surface area (Å²) in [6.45, 7) is 6.72. The monoisotopic (exact) mass is 1890 g/mol. The predicted molar refractivity (Wildman–Crippen MR) is 533 cm³/mol. The Morgan fingerprint density at radius 1 is 0.421 bits per heavy atom. The fraction of sp³-hybridized carbons (Fsp3) is 0.235. The third-order valence-corrected chi connectivity index (χ3v) is 23.0. The Hall–Kier alpha value is -17.3. The number of amides is 2. The van der Waals surface area contributed by atoms with Gasteiger partial charge in [-0.2, -0.15) is 25.5 Å². The fourth-order valence-corrected chi connectivity index (χ4v) is 15.8. The zero-order chi connectivity index (χ0) is 97.9. The molecule has 1 fully saturated rings. The first-order valence-electron chi connectivity index (χ1n) is 44.8. The number of piperidine rings is 1. The Balaban J connectivity index is 0.000000135. The summed E-state index contributed by atoms with van der Waals surface area (Å²) in [5.74, 6) is 4.48. The second kappa shape index (κ2) is 44.5. The molecule has 0 saturated carbocycles. The van der Waals surface area contributed by atoms with Gasteiger partial charge in [-0.25, -0.2) is 34.3 Å². The van der Waals surface area contributed by atoms with Crippen LogP contribution in [0.3, 0.4) is 0 Å². The number of rotatable bonds is 31. The number of nitrogens with one attached hydrogen (secondary N) is 2. The molecule has 19 rings (SSSR count). The number of Topliss-reactive ketones (excluding diaryl/α,β-unsaturated/α-hetero) is 1. The molecule has 3 N–H and O–H groups in total. The van der Waals surface area contributed by atoms with E-state index < -0.39 is 5.82 Å². The number of pyridine rings is 1. The number of aromatic nitrogens is 20. The molecular formula is C102H104FN27O10. The molecule has 0 bridgehead atoms. The molecule has 140 heavy (non-hydrogen) atoms. The number of benzene rings is 8. The van der Waals surface area contributed by atoms with E-state index in [-0.39, 0.29) is 30.5 Å². The number of carbonyl (C=O) groups excluding carboxylic acids is 3. The number of aliphatic hydroxyl groups excluding tert-OH is 1. The summed E-state index contributed by atoms with van der Waals surface area (Å²) >= 11 is 0. The molecule has 37 nitrogen and oxygen atoms in total. The maximum Gasteiger partial charge on any atom is 0.251 e. The van der Waals surface area contributed by atoms with Crippen LogP contribution in [-0.4, -0.2) is 228 Å². The molecule has 11 heterocycles. The van der Waals surface area contributed by atoms with Crippen molar-refractivity contribution in [3.8, 4) is 79.5 Å². The van der Waals surface area contributed by atoms with Crippen LogP contribution < -0.4 is 58.7 Å². The number of nitrogens with zero attached hydrogens (tertiary/aromatic N) is 25. The number of carbonyl (C=O) groups is 3. The minimum atomic E-state index is -0.519. The number of ether oxygens (including phenoxy) is 6. The number of hydrogen-bond donors (Lipinski definition) is 3. The van der Waals surface area contributed by atoms with Gasteiger partial charge in [-0.3, -0.25) is 57.7 Å². The van der Waals surface area contributed by atoms with Crippen molar-refractivity contribution in [3.05, 3.63) is 268 Å². The van der Waals surface area contributed by atoms with Gasteiger partial charge >= 0.3 is 0 Å². The maximum absolute atomic E-state index is 14.3. The van der Waals surface area contributed by atoms with Gasteiger partial charge in [-0.05, 0) is 116 Å². The van der Waals surface area contributed by atoms with E-state index in [1.165, 1.54) is 19.2 Å². The average Bonchev–Trinajstić information content (AvgIpc) is 1.14. The standard InChI is InChI=1S/C27H25N7O3.C27H30N6O3.C25H26N8O2.C23H23FN6O2/c1-33-16-18(14-30-33)25-15-29-23-8-7-19(12-24(23)31-25)34(17-27(35)32-26-6-4-5-9-28-26)20-10-21(36-2)13-22(11-20)37-3;1-31-18-19(16-29-31)27-17-28-25-5-4-20(14-26(25)30-27)33(11-10-32-8-6-22(34)7-9-32)21-12-23(35-2)15-24(13-21)36-3;1-17-27-16-32(30-17)7-8-33(20-9-21(34-3)12-22(10-20)35-4)19-5-6-23-24(11-19)29-25(14-26-23)18-13-28-31(2)15-18;1-25-23(32)15-8-17(24)10-19(9-15)30(6-3-7-31)18-4-5-20-21(11-18)28-22(13-26-20)16-12-27-29(2)14-16/h4-16H,17H2,1-3H3,(H,28,32,35);4-5,12-18H,6-11H2,1-3H3;5-6,9-16H,7-8H2,1-4H3;4-5,8-14,31H,3,6-7H2,1-2H3,(H,25,32). The van der Waals surface area contributed by atoms with Crippen LogP contribution in [0.4, 0.5) is 55.7 Å². The van der Waals surface area contributed by atoms with E-state index in [0.717, 1.165) is 139 Å². The molecule has 0 unspecified atom stereocenters. The fourth-order valence-electron chi connectivity index (χ4n) is 15.8. The zero-order valence-electron chi connectivity index (χ0n) is 79.3. The van der Waals surface area contributed by atoms with Gasteiger partial charge in [0.1, 0.15) is 70.6 Å². The SMILES string of the molecule is CNC(=O)c1cc(F)cc(N(CCCO)c2ccc3ncc(-c4cnn(C)c4)nc3c2)c1.COc1cc(OC)cc(N(CC(=O)Nc2ccccn2)c2ccc3ncc(-c4cnn(C)c4)nc3c2)c1.COc1cc(OC)cc(N(CCN2CCC(=O)CC2)c2ccc3ncc(-c4cnn(C)c4)nc3c2)c1.COc1cc(OC)cc(N(CCn2cnc(C)n2)c2ccc3ncc(-c4cnn(C)c4)nc3c2)c1. The van der Waals surface area contributed by atoms with Gasteiger partial charge in [0.15, 0.2) is 0 Å². The van der Waals surface area contributed by atoms with Gasteiger partial charge in [0.05, 0.1) is 166 Å². The molecule has 0 aliphatic carbocycles. The Bertz CT molecular complexity index is 7340. The summed E-state index contributed by atoms with van der Waals surface area (Å²) in [5.41, 5.74) is 19.3. The second-order valence-electron chi connectivity index (χ2n) is 32.6. The van der Waals surface area contributed by atoms with E-state index >= 15 is 0 Å². The highest BCUT2D eigenvalue weighted by atomic mass is 19.1. The molecule has 1 aliphatic rings. The van der Waals surface area contributed by atoms with Crippen molar-refractivity contribution in [1.82, 2.24) is 109 Å². The molecule has 38 heteroatoms. The molecule has 0 atom stereocenters. The van der Waals surface area contributed by atoms with Crippen LogP contribution in [0.25, 0.3) is 89.2 Å². The lowest BCUT2D eigenvalue weighted by Gasteiger charge is -2.31. The minimum Gasteiger partial charge on any atom is -0.497 e. The molecular weight excluding hydrogens is 1780 g/mol. The quantitative estimate of drug-likeness (QED) is 0.0363. The van der Waals surface area contributed by atoms with E-state index in [1.807, 2.05) is 190 Å². The van der Waals surface area contributed by atoms with E-state index in [9.17, 15) is 23.9 Å². The van der Waals surface area contributed by atoms with Crippen LogP contribution >= 0.6 is 0 Å². The number of aryl methyl sites for hydroxylation is 5. The molecule has 10 aromatic heterocycles. The number of anilines is 9. The number of ketones is 1. The molecule has 1 aliphatic heterocycles. The van der Waals surface area contributed by atoms with Crippen LogP contribution in [0, 0.1) is 12.7 Å². The normalized spacial score (nSPS) is 11.8. The Labute approximate surface area is 805 Å². The van der Waals surface area contributed by atoms with Gasteiger partial charge < -0.3 is 68.7 Å². The topological polar surface area (TPSA) is 385 Å². The van der Waals surface area contributed by atoms with Crippen LogP contribution in [0.15, 0.2) is 251 Å². The predicted octanol–water partition coefficient (Wildman–Crippen LogP) is 14.9. The summed E-state index contributed by atoms with van der Waals surface area (Å²) in [7, 11) is 18.7. The molecule has 2 amide bonds. The summed E-state index contributed by atoms with van der Waals surface area (Å²) in [5, 5.41) is 36.1. The van der Waals surface area contributed by atoms with Crippen LogP contribution in [0.1, 0.15) is 35.4 Å². The van der Waals surface area contributed by atoms with Crippen LogP contribution in [0.2, 0.25) is 0 Å². The Morgan fingerprint density at radius 2 is 0.800 bits per heavy atom. The van der Waals surface area contributed by atoms with Crippen molar-refractivity contribution in [2.75, 3.05) is 127 Å². The highest BCUT2D eigenvalue weighted by molar-refractivity contribution is 5.97. The van der Waals surface area contributed by atoms with Crippen molar-refractivity contribution in [2.45, 2.75) is 32.7 Å². The lowest BCUT2D eigenvalue weighted by Crippen LogP contribution is -2.38. The van der Waals surface area contributed by atoms with E-state index in [4.69, 9.17) is 48.4 Å². The van der Waals surface area contributed by atoms with E-state index in [0.29, 0.717) is 113 Å². The summed E-state index contributed by atoms with van der Waals surface area (Å²) in [4.78, 5) is 93.3. The number of methoxy groups -OCH3 is 6. The second-order valence-corrected chi connectivity index (χ2v) is 32.6. The lowest BCUT2D eigenvalue weighted by atomic mass is 10.1. The van der Waals surface area contributed by atoms with Gasteiger partial charge in [-0.15, -0.1) is 0 Å². The molecule has 18 aromatic rings. The van der Waals surface area contributed by atoms with Crippen LogP contribution in [0.5, 0.6) is 34.5 Å². The lowest BCUT2D eigenvalue weighted by molar-refractivity contribution is -0.121. The third-order valence-electron chi connectivity index (χ3n) is 23.0. The summed E-state index contributed by atoms with van der Waals surface area (Å²) in [6.07, 6.45) is 26.7. The number of halogens is 1. The van der Waals surface area contributed by atoms with E-state index in [1.54, 1.807) is 148 Å². The molecule has 0 radical (unpaired) electrons. The van der Waals surface area contributed by atoms with Gasteiger partial charge in [0, 0.05) is 253 Å². The summed E-state index contributed by atoms with van der Waals surface area (Å²) < 4.78 is 56.2. The summed E-state index contributed by atoms with van der Waals surface area (Å²) in [6, 6.07) is 50.1. The largest absolute Gasteiger partial charge is 0.497 e. The maximum atomic E-state index is 14.3. The smallest absolute Gasteiger partial charge is 0.251 e. The average molecular weight is 1890 g/mol. The highest BCUT2D eigenvalue weighted by Crippen LogP contribution is 2.40. The molecule has 8 aromatic carbocycles.